The van der Waals surface area contributed by atoms with Crippen molar-refractivity contribution in [2.45, 2.75) is 28.5 Å². The summed E-state index contributed by atoms with van der Waals surface area (Å²) in [5.41, 5.74) is 3.33. The Kier molecular flexibility index (Phi) is 12.2. The number of hydrogen-bond acceptors (Lipinski definition) is 16. The molecule has 0 aliphatic carbocycles. The van der Waals surface area contributed by atoms with Crippen LogP contribution in [0.5, 0.6) is 5.75 Å². The van der Waals surface area contributed by atoms with Gasteiger partial charge in [0.05, 0.1) is 5.69 Å². The molecule has 4 aromatic rings. The van der Waals surface area contributed by atoms with Crippen LogP contribution in [0.25, 0.3) is 10.8 Å². The summed E-state index contributed by atoms with van der Waals surface area (Å²) in [5.74, 6) is -1.96. The second-order valence-corrected chi connectivity index (χ2v) is 13.9. The molecule has 0 heterocycles. The quantitative estimate of drug-likeness (QED) is 0.0620. The zero-order chi connectivity index (χ0) is 35.8. The number of phenols is 1. The standard InChI is InChI=1S/C26H23N7O12S3.2H3N/c1-12(34)28-14-3-7-18(22(9-14)46(37,38)39)30-32-20-11-21(36)24-16(5-6-17(27)26(24)48(43,44)45)25(20)33-31-19-8-4-15(29-13(2)35)10-23(19)47(40,41)42;;/h3-11,36H,27H2,1-2H3,(H,28,34)(H,29,35)(H,37,38,39)(H,40,41,42)(H,43,44,45);2*1H3/b32-30+,33-31+;;. The number of carbonyl (C=O) groups excluding carboxylic acids is 2. The number of aromatic hydroxyl groups is 1. The van der Waals surface area contributed by atoms with Crippen molar-refractivity contribution in [3.63, 3.8) is 0 Å². The normalized spacial score (nSPS) is 12.0. The second-order valence-electron chi connectivity index (χ2n) is 9.72. The maximum atomic E-state index is 12.2. The summed E-state index contributed by atoms with van der Waals surface area (Å²) in [5, 5.41) is 30.1. The topological polar surface area (TPSA) is 387 Å². The van der Waals surface area contributed by atoms with E-state index in [2.05, 4.69) is 31.1 Å². The van der Waals surface area contributed by atoms with E-state index < -0.39 is 96.4 Å². The molecule has 0 saturated carbocycles. The van der Waals surface area contributed by atoms with Crippen molar-refractivity contribution in [2.24, 2.45) is 20.5 Å². The second kappa shape index (κ2) is 15.0. The lowest BCUT2D eigenvalue weighted by Gasteiger charge is -2.12. The first-order valence-electron chi connectivity index (χ1n) is 12.8. The number of fused-ring (bicyclic) bond motifs is 1. The number of benzene rings is 4. The SMILES string of the molecule is CC(=O)Nc1ccc(/N=N/c2cc(O)c3c(S(=O)(=O)O)c(N)ccc3c2/N=N/c2ccc(NC(C)=O)cc2S(=O)(=O)O)c(S(=O)(=O)O)c1.N.N. The molecule has 0 saturated heterocycles. The third-order valence-electron chi connectivity index (χ3n) is 6.11. The number of azo groups is 2. The number of anilines is 3. The van der Waals surface area contributed by atoms with E-state index in [0.29, 0.717) is 0 Å². The van der Waals surface area contributed by atoms with Gasteiger partial charge in [-0.15, -0.1) is 20.5 Å². The lowest BCUT2D eigenvalue weighted by atomic mass is 10.1. The predicted octanol–water partition coefficient (Wildman–Crippen LogP) is 4.94. The molecule has 0 spiro atoms. The van der Waals surface area contributed by atoms with Crippen molar-refractivity contribution < 1.29 is 53.6 Å². The number of carbonyl (C=O) groups is 2. The number of phenolic OH excluding ortho intramolecular Hbond substituents is 1. The van der Waals surface area contributed by atoms with Gasteiger partial charge in [-0.2, -0.15) is 25.3 Å². The molecule has 0 aliphatic rings. The van der Waals surface area contributed by atoms with E-state index in [1.54, 1.807) is 0 Å². The first-order chi connectivity index (χ1) is 22.2. The molecule has 24 heteroatoms. The Hall–Kier alpha value is -5.47. The van der Waals surface area contributed by atoms with E-state index in [4.69, 9.17) is 5.73 Å². The van der Waals surface area contributed by atoms with Crippen molar-refractivity contribution in [1.82, 2.24) is 12.3 Å². The fraction of sp³-hybridized carbons (Fsp3) is 0.0769. The number of nitrogen functional groups attached to an aromatic ring is 1. The van der Waals surface area contributed by atoms with Crippen molar-refractivity contribution in [3.8, 4) is 5.75 Å². The highest BCUT2D eigenvalue weighted by Gasteiger charge is 2.25. The molecular formula is C26H29N9O12S3. The molecule has 4 aromatic carbocycles. The van der Waals surface area contributed by atoms with Gasteiger partial charge < -0.3 is 33.8 Å². The Balaban J connectivity index is 0.00000433. The first kappa shape index (κ1) is 40.7. The Morgan fingerprint density at radius 3 is 1.50 bits per heavy atom. The smallest absolute Gasteiger partial charge is 0.297 e. The van der Waals surface area contributed by atoms with Gasteiger partial charge in [0, 0.05) is 42.1 Å². The summed E-state index contributed by atoms with van der Waals surface area (Å²) >= 11 is 0. The molecule has 2 amide bonds. The third kappa shape index (κ3) is 9.15. The number of nitrogens with zero attached hydrogens (tertiary/aromatic N) is 4. The zero-order valence-electron chi connectivity index (χ0n) is 25.8. The predicted molar refractivity (Wildman–Crippen MR) is 179 cm³/mol. The van der Waals surface area contributed by atoms with Crippen LogP contribution < -0.4 is 28.7 Å². The minimum absolute atomic E-state index is 0. The molecule has 0 bridgehead atoms. The van der Waals surface area contributed by atoms with Crippen LogP contribution >= 0.6 is 0 Å². The Morgan fingerprint density at radius 1 is 0.640 bits per heavy atom. The van der Waals surface area contributed by atoms with Crippen molar-refractivity contribution in [1.29, 1.82) is 0 Å². The minimum Gasteiger partial charge on any atom is -0.507 e. The van der Waals surface area contributed by atoms with Crippen LogP contribution in [-0.4, -0.2) is 55.8 Å². The van der Waals surface area contributed by atoms with Gasteiger partial charge in [-0.3, -0.25) is 23.2 Å². The van der Waals surface area contributed by atoms with Crippen LogP contribution in [0.1, 0.15) is 13.8 Å². The fourth-order valence-corrected chi connectivity index (χ4v) is 6.43. The molecule has 0 aromatic heterocycles. The molecule has 0 atom stereocenters. The van der Waals surface area contributed by atoms with Gasteiger partial charge in [0.2, 0.25) is 11.8 Å². The summed E-state index contributed by atoms with van der Waals surface area (Å²) in [7, 11) is -15.0. The third-order valence-corrected chi connectivity index (χ3v) is 8.83. The largest absolute Gasteiger partial charge is 0.507 e. The van der Waals surface area contributed by atoms with Gasteiger partial charge in [0.25, 0.3) is 30.4 Å². The number of hydrogen-bond donors (Lipinski definition) is 9. The summed E-state index contributed by atoms with van der Waals surface area (Å²) in [6.45, 7) is 2.30. The monoisotopic (exact) mass is 755 g/mol. The molecule has 14 N–H and O–H groups in total. The molecule has 268 valence electrons. The first-order valence-corrected chi connectivity index (χ1v) is 17.2. The van der Waals surface area contributed by atoms with Crippen LogP contribution in [0.3, 0.4) is 0 Å². The maximum absolute atomic E-state index is 12.2. The summed E-state index contributed by atoms with van der Waals surface area (Å²) < 4.78 is 102. The number of nitrogens with one attached hydrogen (secondary N) is 2. The van der Waals surface area contributed by atoms with Crippen LogP contribution in [0.4, 0.5) is 39.8 Å². The molecule has 0 aliphatic heterocycles. The van der Waals surface area contributed by atoms with Gasteiger partial charge in [0.15, 0.2) is 0 Å². The van der Waals surface area contributed by atoms with Crippen molar-refractivity contribution in [3.05, 3.63) is 54.6 Å². The van der Waals surface area contributed by atoms with E-state index >= 15 is 0 Å². The summed E-state index contributed by atoms with van der Waals surface area (Å²) in [6, 6.07) is 9.27. The van der Waals surface area contributed by atoms with E-state index in [1.807, 2.05) is 0 Å². The maximum Gasteiger partial charge on any atom is 0.297 e. The Labute approximate surface area is 283 Å². The van der Waals surface area contributed by atoms with Crippen molar-refractivity contribution in [2.75, 3.05) is 16.4 Å². The molecule has 50 heavy (non-hydrogen) atoms. The molecule has 4 rings (SSSR count). The number of rotatable bonds is 9. The van der Waals surface area contributed by atoms with Gasteiger partial charge in [-0.1, -0.05) is 0 Å². The Bertz CT molecular complexity index is 2420. The molecule has 0 unspecified atom stereocenters. The highest BCUT2D eigenvalue weighted by molar-refractivity contribution is 7.86. The lowest BCUT2D eigenvalue weighted by molar-refractivity contribution is -0.115. The van der Waals surface area contributed by atoms with Gasteiger partial charge in [-0.05, 0) is 48.5 Å². The number of amides is 2. The molecule has 0 radical (unpaired) electrons. The zero-order valence-corrected chi connectivity index (χ0v) is 28.2. The molecular weight excluding hydrogens is 727 g/mol. The van der Waals surface area contributed by atoms with Crippen LogP contribution in [0, 0.1) is 0 Å². The lowest BCUT2D eigenvalue weighted by Crippen LogP contribution is -2.07. The fourth-order valence-electron chi connectivity index (χ4n) is 4.30. The average molecular weight is 756 g/mol. The molecule has 0 fully saturated rings. The van der Waals surface area contributed by atoms with E-state index in [-0.39, 0.29) is 29.1 Å². The number of nitrogens with two attached hydrogens (primary N) is 1. The van der Waals surface area contributed by atoms with Gasteiger partial charge in [0.1, 0.15) is 43.2 Å². The Morgan fingerprint density at radius 2 is 1.08 bits per heavy atom. The van der Waals surface area contributed by atoms with Crippen molar-refractivity contribution >= 4 is 92.8 Å². The molecule has 21 nitrogen and oxygen atoms in total. The van der Waals surface area contributed by atoms with Crippen LogP contribution in [0.15, 0.2) is 89.7 Å². The van der Waals surface area contributed by atoms with E-state index in [0.717, 1.165) is 56.3 Å². The summed E-state index contributed by atoms with van der Waals surface area (Å²) in [6.07, 6.45) is 0. The van der Waals surface area contributed by atoms with Gasteiger partial charge in [-0.25, -0.2) is 0 Å². The summed E-state index contributed by atoms with van der Waals surface area (Å²) in [4.78, 5) is 20.3. The highest BCUT2D eigenvalue weighted by atomic mass is 32.2. The van der Waals surface area contributed by atoms with E-state index in [9.17, 15) is 53.6 Å². The minimum atomic E-state index is -5.09. The van der Waals surface area contributed by atoms with Crippen LogP contribution in [0.2, 0.25) is 0 Å². The van der Waals surface area contributed by atoms with Crippen LogP contribution in [-0.2, 0) is 39.9 Å². The average Bonchev–Trinajstić information content (AvgIpc) is 2.94. The highest BCUT2D eigenvalue weighted by Crippen LogP contribution is 2.46. The van der Waals surface area contributed by atoms with E-state index in [1.165, 1.54) is 12.1 Å². The van der Waals surface area contributed by atoms with Gasteiger partial charge >= 0.3 is 0 Å².